The molecule has 0 fully saturated rings. The molecule has 0 saturated heterocycles. The molecular weight excluding hydrogens is 306 g/mol. The fraction of sp³-hybridized carbons (Fsp3) is 0.316. The highest BCUT2D eigenvalue weighted by Crippen LogP contribution is 2.27. The second-order valence-electron chi connectivity index (χ2n) is 5.72. The summed E-state index contributed by atoms with van der Waals surface area (Å²) in [6.07, 6.45) is 0.696. The van der Waals surface area contributed by atoms with Gasteiger partial charge in [-0.3, -0.25) is 4.79 Å². The molecule has 2 aromatic carbocycles. The summed E-state index contributed by atoms with van der Waals surface area (Å²) >= 11 is 0. The van der Waals surface area contributed by atoms with E-state index in [1.807, 2.05) is 36.4 Å². The Morgan fingerprint density at radius 1 is 1.21 bits per heavy atom. The molecule has 0 aliphatic carbocycles. The second-order valence-corrected chi connectivity index (χ2v) is 5.72. The largest absolute Gasteiger partial charge is 0.497 e. The van der Waals surface area contributed by atoms with Crippen molar-refractivity contribution in [2.75, 3.05) is 20.8 Å². The van der Waals surface area contributed by atoms with E-state index in [1.165, 1.54) is 0 Å². The van der Waals surface area contributed by atoms with Gasteiger partial charge in [0.2, 0.25) is 5.91 Å². The zero-order valence-electron chi connectivity index (χ0n) is 13.9. The Morgan fingerprint density at radius 3 is 2.83 bits per heavy atom. The van der Waals surface area contributed by atoms with Gasteiger partial charge in [0.15, 0.2) is 0 Å². The van der Waals surface area contributed by atoms with Crippen LogP contribution in [-0.2, 0) is 17.8 Å². The van der Waals surface area contributed by atoms with Crippen LogP contribution in [0.4, 0.5) is 0 Å². The molecule has 1 N–H and O–H groups in total. The summed E-state index contributed by atoms with van der Waals surface area (Å²) in [6.45, 7) is 0.812. The van der Waals surface area contributed by atoms with Crippen LogP contribution in [-0.4, -0.2) is 26.7 Å². The number of hydrogen-bond acceptors (Lipinski definition) is 4. The summed E-state index contributed by atoms with van der Waals surface area (Å²) < 4.78 is 16.2. The number of hydrogen-bond donors (Lipinski definition) is 1. The molecule has 3 rings (SSSR count). The first-order chi connectivity index (χ1) is 11.7. The number of amides is 1. The van der Waals surface area contributed by atoms with Crippen LogP contribution < -0.4 is 19.5 Å². The van der Waals surface area contributed by atoms with E-state index < -0.39 is 0 Å². The average Bonchev–Trinajstić information content (AvgIpc) is 2.65. The van der Waals surface area contributed by atoms with Crippen molar-refractivity contribution in [2.24, 2.45) is 5.92 Å². The van der Waals surface area contributed by atoms with E-state index in [0.717, 1.165) is 22.6 Å². The van der Waals surface area contributed by atoms with Gasteiger partial charge in [-0.1, -0.05) is 18.2 Å². The molecule has 0 saturated carbocycles. The lowest BCUT2D eigenvalue weighted by atomic mass is 9.96. The Hall–Kier alpha value is -2.69. The van der Waals surface area contributed by atoms with Gasteiger partial charge in [-0.2, -0.15) is 0 Å². The maximum absolute atomic E-state index is 12.4. The Labute approximate surface area is 141 Å². The molecule has 0 radical (unpaired) electrons. The average molecular weight is 327 g/mol. The lowest BCUT2D eigenvalue weighted by Gasteiger charge is -2.24. The van der Waals surface area contributed by atoms with E-state index >= 15 is 0 Å². The van der Waals surface area contributed by atoms with Crippen molar-refractivity contribution in [1.29, 1.82) is 0 Å². The molecule has 1 heterocycles. The highest BCUT2D eigenvalue weighted by atomic mass is 16.5. The maximum Gasteiger partial charge on any atom is 0.227 e. The van der Waals surface area contributed by atoms with Gasteiger partial charge in [0.1, 0.15) is 23.9 Å². The van der Waals surface area contributed by atoms with Gasteiger partial charge in [-0.15, -0.1) is 0 Å². The fourth-order valence-corrected chi connectivity index (χ4v) is 2.82. The number of carbonyl (C=O) groups is 1. The number of ether oxygens (including phenoxy) is 3. The normalized spacial score (nSPS) is 15.8. The lowest BCUT2D eigenvalue weighted by Crippen LogP contribution is -2.37. The van der Waals surface area contributed by atoms with E-state index in [0.29, 0.717) is 25.3 Å². The third-order valence-electron chi connectivity index (χ3n) is 4.20. The first kappa shape index (κ1) is 16.2. The van der Waals surface area contributed by atoms with Gasteiger partial charge in [0.25, 0.3) is 0 Å². The Kier molecular flexibility index (Phi) is 4.89. The minimum atomic E-state index is -0.177. The summed E-state index contributed by atoms with van der Waals surface area (Å²) in [5, 5.41) is 2.97. The number of carbonyl (C=O) groups excluding carboxylic acids is 1. The number of fused-ring (bicyclic) bond motifs is 1. The SMILES string of the molecule is COc1ccc(CNC(=O)[C@H]2COc3ccccc3C2)c(OC)c1. The molecule has 126 valence electrons. The first-order valence-electron chi connectivity index (χ1n) is 7.90. The lowest BCUT2D eigenvalue weighted by molar-refractivity contribution is -0.126. The first-order valence-corrected chi connectivity index (χ1v) is 7.90. The number of rotatable bonds is 5. The van der Waals surface area contributed by atoms with Gasteiger partial charge in [-0.25, -0.2) is 0 Å². The smallest absolute Gasteiger partial charge is 0.227 e. The predicted molar refractivity (Wildman–Crippen MR) is 90.5 cm³/mol. The topological polar surface area (TPSA) is 56.8 Å². The van der Waals surface area contributed by atoms with Crippen molar-refractivity contribution in [3.05, 3.63) is 53.6 Å². The molecule has 0 bridgehead atoms. The van der Waals surface area contributed by atoms with Gasteiger partial charge in [0, 0.05) is 18.2 Å². The zero-order valence-corrected chi connectivity index (χ0v) is 13.9. The van der Waals surface area contributed by atoms with Crippen LogP contribution in [0.25, 0.3) is 0 Å². The predicted octanol–water partition coefficient (Wildman–Crippen LogP) is 2.57. The summed E-state index contributed by atoms with van der Waals surface area (Å²) in [5.41, 5.74) is 1.98. The molecule has 2 aromatic rings. The van der Waals surface area contributed by atoms with E-state index in [-0.39, 0.29) is 11.8 Å². The summed E-state index contributed by atoms with van der Waals surface area (Å²) in [4.78, 5) is 12.4. The standard InChI is InChI=1S/C19H21NO4/c1-22-16-8-7-14(18(10-16)23-2)11-20-19(21)15-9-13-5-3-4-6-17(13)24-12-15/h3-8,10,15H,9,11-12H2,1-2H3,(H,20,21)/t15-/m1/s1. The number of para-hydroxylation sites is 1. The quantitative estimate of drug-likeness (QED) is 0.917. The molecule has 5 heteroatoms. The third-order valence-corrected chi connectivity index (χ3v) is 4.20. The highest BCUT2D eigenvalue weighted by Gasteiger charge is 2.25. The zero-order chi connectivity index (χ0) is 16.9. The van der Waals surface area contributed by atoms with E-state index in [4.69, 9.17) is 14.2 Å². The second kappa shape index (κ2) is 7.25. The molecule has 1 atom stereocenters. The fourth-order valence-electron chi connectivity index (χ4n) is 2.82. The highest BCUT2D eigenvalue weighted by molar-refractivity contribution is 5.79. The van der Waals surface area contributed by atoms with E-state index in [2.05, 4.69) is 5.32 Å². The van der Waals surface area contributed by atoms with Crippen molar-refractivity contribution >= 4 is 5.91 Å². The van der Waals surface area contributed by atoms with Crippen LogP contribution in [0.5, 0.6) is 17.2 Å². The third kappa shape index (κ3) is 3.45. The summed E-state index contributed by atoms with van der Waals surface area (Å²) in [7, 11) is 3.21. The van der Waals surface area contributed by atoms with Gasteiger partial charge >= 0.3 is 0 Å². The van der Waals surface area contributed by atoms with Crippen molar-refractivity contribution in [2.45, 2.75) is 13.0 Å². The van der Waals surface area contributed by atoms with Crippen LogP contribution in [0.1, 0.15) is 11.1 Å². The minimum absolute atomic E-state index is 0.0117. The van der Waals surface area contributed by atoms with Crippen LogP contribution in [0.15, 0.2) is 42.5 Å². The molecule has 0 spiro atoms. The van der Waals surface area contributed by atoms with Crippen molar-refractivity contribution in [1.82, 2.24) is 5.32 Å². The molecular formula is C19H21NO4. The van der Waals surface area contributed by atoms with Crippen LogP contribution in [0.3, 0.4) is 0 Å². The molecule has 0 aromatic heterocycles. The number of benzene rings is 2. The van der Waals surface area contributed by atoms with E-state index in [9.17, 15) is 4.79 Å². The summed E-state index contributed by atoms with van der Waals surface area (Å²) in [5.74, 6) is 2.10. The number of nitrogens with one attached hydrogen (secondary N) is 1. The molecule has 1 aliphatic rings. The Morgan fingerprint density at radius 2 is 2.04 bits per heavy atom. The van der Waals surface area contributed by atoms with Crippen LogP contribution in [0, 0.1) is 5.92 Å². The monoisotopic (exact) mass is 327 g/mol. The van der Waals surface area contributed by atoms with Crippen LogP contribution in [0.2, 0.25) is 0 Å². The van der Waals surface area contributed by atoms with Gasteiger partial charge in [0.05, 0.1) is 20.1 Å². The van der Waals surface area contributed by atoms with Crippen molar-refractivity contribution in [3.8, 4) is 17.2 Å². The number of methoxy groups -OCH3 is 2. The molecule has 1 amide bonds. The van der Waals surface area contributed by atoms with Crippen LogP contribution >= 0.6 is 0 Å². The van der Waals surface area contributed by atoms with Gasteiger partial charge < -0.3 is 19.5 Å². The van der Waals surface area contributed by atoms with E-state index in [1.54, 1.807) is 20.3 Å². The maximum atomic E-state index is 12.4. The molecule has 5 nitrogen and oxygen atoms in total. The Bertz CT molecular complexity index is 729. The molecule has 24 heavy (non-hydrogen) atoms. The van der Waals surface area contributed by atoms with Gasteiger partial charge in [-0.05, 0) is 30.2 Å². The Balaban J connectivity index is 1.62. The van der Waals surface area contributed by atoms with Crippen molar-refractivity contribution in [3.63, 3.8) is 0 Å². The van der Waals surface area contributed by atoms with Crippen molar-refractivity contribution < 1.29 is 19.0 Å². The summed E-state index contributed by atoms with van der Waals surface area (Å²) in [6, 6.07) is 13.4. The molecule has 0 unspecified atom stereocenters. The minimum Gasteiger partial charge on any atom is -0.497 e. The molecule has 1 aliphatic heterocycles.